The summed E-state index contributed by atoms with van der Waals surface area (Å²) in [6.45, 7) is 3.33. The van der Waals surface area contributed by atoms with Gasteiger partial charge in [0, 0.05) is 22.6 Å². The number of rotatable bonds is 3. The molecule has 0 radical (unpaired) electrons. The van der Waals surface area contributed by atoms with E-state index in [-0.39, 0.29) is 0 Å². The topological polar surface area (TPSA) is 25.4 Å². The first-order valence-corrected chi connectivity index (χ1v) is 7.91. The SMILES string of the molecule is COc1cc(CN2CCCCC2)c2nccc(Br)c2c1. The maximum Gasteiger partial charge on any atom is 0.119 e. The first-order chi connectivity index (χ1) is 9.78. The van der Waals surface area contributed by atoms with E-state index in [4.69, 9.17) is 4.74 Å². The standard InChI is InChI=1S/C16H19BrN2O/c1-20-13-9-12(11-19-7-3-2-4-8-19)16-14(10-13)15(17)5-6-18-16/h5-6,9-10H,2-4,7-8,11H2,1H3. The number of nitrogens with zero attached hydrogens (tertiary/aromatic N) is 2. The third-order valence-electron chi connectivity index (χ3n) is 3.92. The zero-order chi connectivity index (χ0) is 13.9. The molecule has 4 heteroatoms. The number of hydrogen-bond donors (Lipinski definition) is 0. The van der Waals surface area contributed by atoms with E-state index < -0.39 is 0 Å². The summed E-state index contributed by atoms with van der Waals surface area (Å²) in [6.07, 6.45) is 5.83. The molecule has 1 saturated heterocycles. The summed E-state index contributed by atoms with van der Waals surface area (Å²) in [5, 5.41) is 1.12. The second-order valence-electron chi connectivity index (χ2n) is 5.31. The van der Waals surface area contributed by atoms with E-state index in [9.17, 15) is 0 Å². The van der Waals surface area contributed by atoms with Gasteiger partial charge < -0.3 is 4.74 Å². The van der Waals surface area contributed by atoms with Crippen LogP contribution in [0.25, 0.3) is 10.9 Å². The average Bonchev–Trinajstić information content (AvgIpc) is 2.49. The van der Waals surface area contributed by atoms with Crippen molar-refractivity contribution in [2.75, 3.05) is 20.2 Å². The van der Waals surface area contributed by atoms with Crippen molar-refractivity contribution in [2.45, 2.75) is 25.8 Å². The highest BCUT2D eigenvalue weighted by Crippen LogP contribution is 2.30. The van der Waals surface area contributed by atoms with Crippen LogP contribution >= 0.6 is 15.9 Å². The molecule has 1 aromatic heterocycles. The molecule has 1 aromatic carbocycles. The lowest BCUT2D eigenvalue weighted by atomic mass is 10.1. The fourth-order valence-electron chi connectivity index (χ4n) is 2.86. The zero-order valence-corrected chi connectivity index (χ0v) is 13.3. The van der Waals surface area contributed by atoms with Gasteiger partial charge in [0.25, 0.3) is 0 Å². The fourth-order valence-corrected chi connectivity index (χ4v) is 3.28. The molecule has 20 heavy (non-hydrogen) atoms. The second-order valence-corrected chi connectivity index (χ2v) is 6.17. The summed E-state index contributed by atoms with van der Waals surface area (Å²) >= 11 is 3.61. The Morgan fingerprint density at radius 1 is 1.25 bits per heavy atom. The second kappa shape index (κ2) is 6.10. The molecule has 106 valence electrons. The number of aromatic nitrogens is 1. The van der Waals surface area contributed by atoms with Crippen LogP contribution in [0.15, 0.2) is 28.9 Å². The van der Waals surface area contributed by atoms with Crippen molar-refractivity contribution in [2.24, 2.45) is 0 Å². The zero-order valence-electron chi connectivity index (χ0n) is 11.7. The van der Waals surface area contributed by atoms with Crippen LogP contribution in [0.4, 0.5) is 0 Å². The van der Waals surface area contributed by atoms with Crippen LogP contribution in [-0.2, 0) is 6.54 Å². The number of fused-ring (bicyclic) bond motifs is 1. The molecule has 3 rings (SSSR count). The van der Waals surface area contributed by atoms with Crippen molar-refractivity contribution in [1.82, 2.24) is 9.88 Å². The van der Waals surface area contributed by atoms with Gasteiger partial charge in [0.2, 0.25) is 0 Å². The van der Waals surface area contributed by atoms with Crippen molar-refractivity contribution in [3.63, 3.8) is 0 Å². The highest BCUT2D eigenvalue weighted by molar-refractivity contribution is 9.10. The largest absolute Gasteiger partial charge is 0.497 e. The van der Waals surface area contributed by atoms with E-state index >= 15 is 0 Å². The number of pyridine rings is 1. The van der Waals surface area contributed by atoms with E-state index in [2.05, 4.69) is 31.9 Å². The number of hydrogen-bond acceptors (Lipinski definition) is 3. The Kier molecular flexibility index (Phi) is 4.22. The minimum atomic E-state index is 0.901. The van der Waals surface area contributed by atoms with Crippen LogP contribution in [0.1, 0.15) is 24.8 Å². The lowest BCUT2D eigenvalue weighted by Gasteiger charge is -2.27. The number of methoxy groups -OCH3 is 1. The lowest BCUT2D eigenvalue weighted by Crippen LogP contribution is -2.29. The Morgan fingerprint density at radius 2 is 2.05 bits per heavy atom. The molecule has 1 fully saturated rings. The highest BCUT2D eigenvalue weighted by atomic mass is 79.9. The summed E-state index contributed by atoms with van der Waals surface area (Å²) in [7, 11) is 1.72. The molecule has 0 unspecified atom stereocenters. The summed E-state index contributed by atoms with van der Waals surface area (Å²) in [5.74, 6) is 0.901. The van der Waals surface area contributed by atoms with Crippen LogP contribution in [0.2, 0.25) is 0 Å². The van der Waals surface area contributed by atoms with Crippen molar-refractivity contribution < 1.29 is 4.74 Å². The Balaban J connectivity index is 2.01. The normalized spacial score (nSPS) is 16.5. The molecule has 2 aromatic rings. The minimum Gasteiger partial charge on any atom is -0.497 e. The van der Waals surface area contributed by atoms with Gasteiger partial charge >= 0.3 is 0 Å². The molecule has 0 N–H and O–H groups in total. The molecular weight excluding hydrogens is 316 g/mol. The number of likely N-dealkylation sites (tertiary alicyclic amines) is 1. The van der Waals surface area contributed by atoms with Crippen molar-refractivity contribution in [3.05, 3.63) is 34.4 Å². The van der Waals surface area contributed by atoms with Gasteiger partial charge in [-0.15, -0.1) is 0 Å². The third kappa shape index (κ3) is 2.81. The fraction of sp³-hybridized carbons (Fsp3) is 0.438. The van der Waals surface area contributed by atoms with Crippen molar-refractivity contribution >= 4 is 26.8 Å². The maximum atomic E-state index is 5.44. The van der Waals surface area contributed by atoms with E-state index in [1.54, 1.807) is 7.11 Å². The molecule has 0 amide bonds. The molecule has 0 aliphatic carbocycles. The first-order valence-electron chi connectivity index (χ1n) is 7.11. The molecule has 1 aliphatic heterocycles. The molecule has 0 spiro atoms. The number of halogens is 1. The predicted molar refractivity (Wildman–Crippen MR) is 85.1 cm³/mol. The number of ether oxygens (including phenoxy) is 1. The summed E-state index contributed by atoms with van der Waals surface area (Å²) in [4.78, 5) is 7.08. The molecule has 0 bridgehead atoms. The van der Waals surface area contributed by atoms with E-state index in [0.717, 1.165) is 27.7 Å². The first kappa shape index (κ1) is 13.8. The van der Waals surface area contributed by atoms with Gasteiger partial charge in [-0.1, -0.05) is 22.4 Å². The van der Waals surface area contributed by atoms with Gasteiger partial charge in [-0.2, -0.15) is 0 Å². The molecule has 0 saturated carbocycles. The van der Waals surface area contributed by atoms with Crippen LogP contribution in [0.3, 0.4) is 0 Å². The summed E-state index contributed by atoms with van der Waals surface area (Å²) in [5.41, 5.74) is 2.33. The molecule has 1 aliphatic rings. The Bertz CT molecular complexity index is 609. The highest BCUT2D eigenvalue weighted by Gasteiger charge is 2.14. The Morgan fingerprint density at radius 3 is 2.80 bits per heavy atom. The van der Waals surface area contributed by atoms with Crippen molar-refractivity contribution in [1.29, 1.82) is 0 Å². The number of piperidine rings is 1. The Hall–Kier alpha value is -1.13. The Labute approximate surface area is 128 Å². The van der Waals surface area contributed by atoms with E-state index in [1.165, 1.54) is 37.9 Å². The summed E-state index contributed by atoms with van der Waals surface area (Å²) in [6, 6.07) is 6.15. The molecule has 0 atom stereocenters. The van der Waals surface area contributed by atoms with Gasteiger partial charge in [-0.05, 0) is 49.7 Å². The third-order valence-corrected chi connectivity index (χ3v) is 4.61. The molecule has 2 heterocycles. The van der Waals surface area contributed by atoms with Gasteiger partial charge in [0.05, 0.1) is 12.6 Å². The molecule has 3 nitrogen and oxygen atoms in total. The number of benzene rings is 1. The van der Waals surface area contributed by atoms with Crippen LogP contribution in [0.5, 0.6) is 5.75 Å². The average molecular weight is 335 g/mol. The predicted octanol–water partition coefficient (Wildman–Crippen LogP) is 3.99. The van der Waals surface area contributed by atoms with Crippen LogP contribution < -0.4 is 4.74 Å². The summed E-state index contributed by atoms with van der Waals surface area (Å²) < 4.78 is 6.51. The van der Waals surface area contributed by atoms with Gasteiger partial charge in [0.1, 0.15) is 5.75 Å². The van der Waals surface area contributed by atoms with E-state index in [0.29, 0.717) is 0 Å². The molecular formula is C16H19BrN2O. The van der Waals surface area contributed by atoms with Gasteiger partial charge in [0.15, 0.2) is 0 Å². The minimum absolute atomic E-state index is 0.901. The van der Waals surface area contributed by atoms with Gasteiger partial charge in [-0.3, -0.25) is 9.88 Å². The van der Waals surface area contributed by atoms with Crippen LogP contribution in [0, 0.1) is 0 Å². The monoisotopic (exact) mass is 334 g/mol. The lowest BCUT2D eigenvalue weighted by molar-refractivity contribution is 0.221. The van der Waals surface area contributed by atoms with Crippen LogP contribution in [-0.4, -0.2) is 30.1 Å². The quantitative estimate of drug-likeness (QED) is 0.848. The smallest absolute Gasteiger partial charge is 0.119 e. The maximum absolute atomic E-state index is 5.44. The van der Waals surface area contributed by atoms with Gasteiger partial charge in [-0.25, -0.2) is 0 Å². The van der Waals surface area contributed by atoms with Crippen molar-refractivity contribution in [3.8, 4) is 5.75 Å². The van der Waals surface area contributed by atoms with E-state index in [1.807, 2.05) is 18.3 Å².